The molecule has 0 saturated heterocycles. The number of hydrogen-bond acceptors (Lipinski definition) is 4. The van der Waals surface area contributed by atoms with Gasteiger partial charge in [0.2, 0.25) is 0 Å². The number of esters is 1. The molecule has 1 atom stereocenters. The van der Waals surface area contributed by atoms with Gasteiger partial charge in [-0.25, -0.2) is 0 Å². The van der Waals surface area contributed by atoms with Crippen LogP contribution in [0.4, 0.5) is 0 Å². The van der Waals surface area contributed by atoms with Crippen molar-refractivity contribution in [3.05, 3.63) is 60.8 Å². The zero-order valence-electron chi connectivity index (χ0n) is 27.5. The van der Waals surface area contributed by atoms with Crippen molar-refractivity contribution >= 4 is 5.97 Å². The molecule has 4 heteroatoms. The van der Waals surface area contributed by atoms with E-state index in [-0.39, 0.29) is 19.2 Å². The Morgan fingerprint density at radius 2 is 1.07 bits per heavy atom. The largest absolute Gasteiger partial charge is 0.457 e. The Morgan fingerprint density at radius 1 is 0.595 bits per heavy atom. The fourth-order valence-corrected chi connectivity index (χ4v) is 4.47. The maximum Gasteiger partial charge on any atom is 0.306 e. The lowest BCUT2D eigenvalue weighted by molar-refractivity contribution is -0.154. The number of aliphatic hydroxyl groups is 1. The fourth-order valence-electron chi connectivity index (χ4n) is 4.47. The molecule has 0 aromatic heterocycles. The first kappa shape index (κ1) is 40.1. The number of aliphatic hydroxyl groups excluding tert-OH is 1. The summed E-state index contributed by atoms with van der Waals surface area (Å²) >= 11 is 0. The molecule has 0 radical (unpaired) electrons. The van der Waals surface area contributed by atoms with Crippen LogP contribution in [0.15, 0.2) is 60.8 Å². The monoisotopic (exact) mass is 586 g/mol. The molecule has 0 bridgehead atoms. The summed E-state index contributed by atoms with van der Waals surface area (Å²) in [6.45, 7) is 5.14. The Balaban J connectivity index is 3.52. The third kappa shape index (κ3) is 32.6. The van der Waals surface area contributed by atoms with E-state index in [4.69, 9.17) is 9.47 Å². The molecule has 242 valence electrons. The van der Waals surface area contributed by atoms with Crippen LogP contribution < -0.4 is 0 Å². The summed E-state index contributed by atoms with van der Waals surface area (Å²) < 4.78 is 11.1. The molecule has 0 spiro atoms. The fraction of sp³-hybridized carbons (Fsp3) is 0.711. The van der Waals surface area contributed by atoms with E-state index in [1.807, 2.05) is 0 Å². The second kappa shape index (κ2) is 35.3. The van der Waals surface area contributed by atoms with Crippen LogP contribution in [-0.4, -0.2) is 37.0 Å². The molecular formula is C38H66O4. The lowest BCUT2D eigenvalue weighted by Gasteiger charge is -2.15. The normalized spacial score (nSPS) is 13.1. The summed E-state index contributed by atoms with van der Waals surface area (Å²) in [5.74, 6) is -0.223. The van der Waals surface area contributed by atoms with Crippen LogP contribution in [0.1, 0.15) is 149 Å². The molecule has 0 aliphatic carbocycles. The predicted octanol–water partition coefficient (Wildman–Crippen LogP) is 10.9. The topological polar surface area (TPSA) is 55.8 Å². The maximum absolute atomic E-state index is 12.1. The minimum atomic E-state index is -0.549. The van der Waals surface area contributed by atoms with Crippen LogP contribution in [0, 0.1) is 0 Å². The molecule has 0 aromatic carbocycles. The second-order valence-corrected chi connectivity index (χ2v) is 11.2. The number of carbonyl (C=O) groups excluding carboxylic acids is 1. The Hall–Kier alpha value is -1.91. The first-order valence-corrected chi connectivity index (χ1v) is 17.4. The van der Waals surface area contributed by atoms with Gasteiger partial charge >= 0.3 is 5.97 Å². The first-order valence-electron chi connectivity index (χ1n) is 17.4. The van der Waals surface area contributed by atoms with E-state index in [1.54, 1.807) is 0 Å². The molecular weight excluding hydrogens is 520 g/mol. The highest BCUT2D eigenvalue weighted by Gasteiger charge is 2.13. The molecule has 0 saturated carbocycles. The van der Waals surface area contributed by atoms with Gasteiger partial charge in [0.15, 0.2) is 0 Å². The lowest BCUT2D eigenvalue weighted by Crippen LogP contribution is -2.27. The number of rotatable bonds is 31. The van der Waals surface area contributed by atoms with Crippen molar-refractivity contribution in [3.8, 4) is 0 Å². The van der Waals surface area contributed by atoms with Gasteiger partial charge in [-0.05, 0) is 70.6 Å². The van der Waals surface area contributed by atoms with Gasteiger partial charge in [0.05, 0.1) is 13.2 Å². The van der Waals surface area contributed by atoms with Crippen LogP contribution in [0.2, 0.25) is 0 Å². The van der Waals surface area contributed by atoms with E-state index in [1.165, 1.54) is 64.2 Å². The zero-order chi connectivity index (χ0) is 30.6. The standard InChI is InChI=1S/C38H66O4/c1-3-5-7-9-11-13-15-17-19-20-22-24-26-28-30-32-34-41-36-37(35-39)42-38(40)33-31-29-27-25-23-21-18-16-14-12-10-8-6-4-2/h5,7,10-13,16-19,37,39H,3-4,6,8-9,14-15,20-36H2,1-2H3/b7-5-,12-10-,13-11-,18-16-,19-17-. The van der Waals surface area contributed by atoms with Gasteiger partial charge in [-0.1, -0.05) is 132 Å². The summed E-state index contributed by atoms with van der Waals surface area (Å²) in [5.41, 5.74) is 0. The van der Waals surface area contributed by atoms with E-state index in [0.717, 1.165) is 64.2 Å². The molecule has 0 rings (SSSR count). The van der Waals surface area contributed by atoms with Crippen molar-refractivity contribution in [2.75, 3.05) is 19.8 Å². The Morgan fingerprint density at radius 3 is 1.62 bits per heavy atom. The van der Waals surface area contributed by atoms with Crippen molar-refractivity contribution in [2.45, 2.75) is 155 Å². The summed E-state index contributed by atoms with van der Waals surface area (Å²) in [6, 6.07) is 0. The number of unbranched alkanes of at least 4 members (excludes halogenated alkanes) is 13. The molecule has 4 nitrogen and oxygen atoms in total. The highest BCUT2D eigenvalue weighted by molar-refractivity contribution is 5.69. The van der Waals surface area contributed by atoms with Crippen molar-refractivity contribution in [3.63, 3.8) is 0 Å². The van der Waals surface area contributed by atoms with Crippen LogP contribution in [0.3, 0.4) is 0 Å². The van der Waals surface area contributed by atoms with Gasteiger partial charge in [-0.15, -0.1) is 0 Å². The number of ether oxygens (including phenoxy) is 2. The van der Waals surface area contributed by atoms with Crippen LogP contribution >= 0.6 is 0 Å². The number of carbonyl (C=O) groups is 1. The van der Waals surface area contributed by atoms with Crippen LogP contribution in [0.25, 0.3) is 0 Å². The highest BCUT2D eigenvalue weighted by Crippen LogP contribution is 2.11. The molecule has 42 heavy (non-hydrogen) atoms. The summed E-state index contributed by atoms with van der Waals surface area (Å²) in [5, 5.41) is 9.54. The SMILES string of the molecule is CC/C=C\C/C=C\C/C=C\CCCCCCCCOCC(CO)OC(=O)CCCCCCC/C=C\C/C=C\CCCC. The summed E-state index contributed by atoms with van der Waals surface area (Å²) in [7, 11) is 0. The third-order valence-electron chi connectivity index (χ3n) is 7.08. The highest BCUT2D eigenvalue weighted by atomic mass is 16.6. The Labute approximate surface area is 260 Å². The van der Waals surface area contributed by atoms with Gasteiger partial charge < -0.3 is 14.6 Å². The average Bonchev–Trinajstić information content (AvgIpc) is 3.00. The summed E-state index contributed by atoms with van der Waals surface area (Å²) in [6.07, 6.45) is 45.4. The van der Waals surface area contributed by atoms with E-state index in [9.17, 15) is 9.90 Å². The van der Waals surface area contributed by atoms with Gasteiger partial charge in [0.25, 0.3) is 0 Å². The van der Waals surface area contributed by atoms with Gasteiger partial charge in [0.1, 0.15) is 6.10 Å². The van der Waals surface area contributed by atoms with Crippen molar-refractivity contribution in [2.24, 2.45) is 0 Å². The third-order valence-corrected chi connectivity index (χ3v) is 7.08. The lowest BCUT2D eigenvalue weighted by atomic mass is 10.1. The minimum absolute atomic E-state index is 0.186. The quantitative estimate of drug-likeness (QED) is 0.0499. The van der Waals surface area contributed by atoms with E-state index < -0.39 is 6.10 Å². The predicted molar refractivity (Wildman–Crippen MR) is 182 cm³/mol. The Bertz CT molecular complexity index is 704. The zero-order valence-corrected chi connectivity index (χ0v) is 27.5. The van der Waals surface area contributed by atoms with Gasteiger partial charge in [-0.3, -0.25) is 4.79 Å². The van der Waals surface area contributed by atoms with Crippen molar-refractivity contribution in [1.29, 1.82) is 0 Å². The maximum atomic E-state index is 12.1. The van der Waals surface area contributed by atoms with Crippen LogP contribution in [0.5, 0.6) is 0 Å². The Kier molecular flexibility index (Phi) is 33.7. The first-order chi connectivity index (χ1) is 20.7. The van der Waals surface area contributed by atoms with Gasteiger partial charge in [-0.2, -0.15) is 0 Å². The number of hydrogen-bond donors (Lipinski definition) is 1. The van der Waals surface area contributed by atoms with E-state index in [0.29, 0.717) is 13.0 Å². The van der Waals surface area contributed by atoms with Crippen molar-refractivity contribution < 1.29 is 19.4 Å². The molecule has 0 amide bonds. The van der Waals surface area contributed by atoms with Crippen molar-refractivity contribution in [1.82, 2.24) is 0 Å². The van der Waals surface area contributed by atoms with E-state index >= 15 is 0 Å². The molecule has 0 fully saturated rings. The average molecular weight is 587 g/mol. The second-order valence-electron chi connectivity index (χ2n) is 11.2. The molecule has 1 unspecified atom stereocenters. The minimum Gasteiger partial charge on any atom is -0.457 e. The van der Waals surface area contributed by atoms with E-state index in [2.05, 4.69) is 74.6 Å². The summed E-state index contributed by atoms with van der Waals surface area (Å²) in [4.78, 5) is 12.1. The molecule has 0 aromatic rings. The molecule has 0 aliphatic heterocycles. The molecule has 0 aliphatic rings. The smallest absolute Gasteiger partial charge is 0.306 e. The molecule has 1 N–H and O–H groups in total. The molecule has 0 heterocycles. The van der Waals surface area contributed by atoms with Crippen LogP contribution in [-0.2, 0) is 14.3 Å². The van der Waals surface area contributed by atoms with Gasteiger partial charge in [0, 0.05) is 13.0 Å². The number of allylic oxidation sites excluding steroid dienone is 10.